The predicted octanol–water partition coefficient (Wildman–Crippen LogP) is 8.37. The van der Waals surface area contributed by atoms with E-state index in [1.54, 1.807) is 0 Å². The average Bonchev–Trinajstić information content (AvgIpc) is 3.65. The minimum Gasteiger partial charge on any atom is -0.316 e. The van der Waals surface area contributed by atoms with Crippen molar-refractivity contribution in [3.05, 3.63) is 164 Å². The Morgan fingerprint density at radius 3 is 1.69 bits per heavy atom. The zero-order valence-electron chi connectivity index (χ0n) is 22.8. The minimum atomic E-state index is -3.05. The van der Waals surface area contributed by atoms with E-state index in [1.165, 1.54) is 21.7 Å². The van der Waals surface area contributed by atoms with Gasteiger partial charge in [-0.3, -0.25) is 0 Å². The molecule has 0 bridgehead atoms. The van der Waals surface area contributed by atoms with Crippen LogP contribution in [0.2, 0.25) is 0 Å². The molecule has 0 aliphatic rings. The maximum Gasteiger partial charge on any atom is 0.171 e. The molecule has 2 heterocycles. The van der Waals surface area contributed by atoms with Gasteiger partial charge in [-0.25, -0.2) is 0 Å². The van der Waals surface area contributed by atoms with Gasteiger partial charge in [-0.15, -0.1) is 0 Å². The fraction of sp³-hybridized carbons (Fsp3) is 0. The monoisotopic (exact) mass is 558 g/mol. The molecule has 8 rings (SSSR count). The quantitative estimate of drug-likeness (QED) is 0.195. The van der Waals surface area contributed by atoms with Crippen molar-refractivity contribution in [2.24, 2.45) is 0 Å². The van der Waals surface area contributed by atoms with Crippen molar-refractivity contribution in [2.45, 2.75) is 0 Å². The summed E-state index contributed by atoms with van der Waals surface area (Å²) in [4.78, 5) is 0. The molecule has 0 aliphatic heterocycles. The highest BCUT2D eigenvalue weighted by Crippen LogP contribution is 2.43. The van der Waals surface area contributed by atoms with Crippen LogP contribution in [0.4, 0.5) is 0 Å². The summed E-state index contributed by atoms with van der Waals surface area (Å²) in [6.07, 6.45) is 2.16. The third-order valence-electron chi connectivity index (χ3n) is 8.23. The number of benzene rings is 6. The largest absolute Gasteiger partial charge is 0.316 e. The molecule has 8 aromatic rings. The van der Waals surface area contributed by atoms with Gasteiger partial charge in [-0.1, -0.05) is 103 Å². The molecule has 0 aliphatic carbocycles. The van der Waals surface area contributed by atoms with Crippen LogP contribution in [0.15, 0.2) is 164 Å². The van der Waals surface area contributed by atoms with Gasteiger partial charge in [0.2, 0.25) is 0 Å². The summed E-state index contributed by atoms with van der Waals surface area (Å²) in [5.41, 5.74) is 5.65. The van der Waals surface area contributed by atoms with E-state index in [-0.39, 0.29) is 0 Å². The molecule has 0 atom stereocenters. The Kier molecular flexibility index (Phi) is 5.73. The molecule has 0 amide bonds. The summed E-state index contributed by atoms with van der Waals surface area (Å²) in [6.45, 7) is 0. The van der Waals surface area contributed by atoms with Gasteiger partial charge in [-0.05, 0) is 54.6 Å². The number of hydrogen-bond acceptors (Lipinski definition) is 1. The van der Waals surface area contributed by atoms with Crippen LogP contribution in [-0.4, -0.2) is 9.13 Å². The molecule has 200 valence electrons. The summed E-state index contributed by atoms with van der Waals surface area (Å²) in [7, 11) is -3.05. The lowest BCUT2D eigenvalue weighted by Crippen LogP contribution is -2.24. The number of para-hydroxylation sites is 2. The lowest BCUT2D eigenvalue weighted by Gasteiger charge is -2.20. The Balaban J connectivity index is 1.35. The van der Waals surface area contributed by atoms with E-state index in [0.717, 1.165) is 38.3 Å². The second-order valence-electron chi connectivity index (χ2n) is 10.6. The maximum atomic E-state index is 14.9. The van der Waals surface area contributed by atoms with Gasteiger partial charge in [0, 0.05) is 49.6 Å². The van der Waals surface area contributed by atoms with Crippen LogP contribution in [0, 0.1) is 0 Å². The number of fused-ring (bicyclic) bond motifs is 5. The van der Waals surface area contributed by atoms with Crippen molar-refractivity contribution in [3.63, 3.8) is 0 Å². The number of nitrogens with zero attached hydrogens (tertiary/aromatic N) is 2. The number of hydrogen-bond donors (Lipinski definition) is 0. The van der Waals surface area contributed by atoms with Crippen LogP contribution in [0.1, 0.15) is 0 Å². The Bertz CT molecular complexity index is 2200. The summed E-state index contributed by atoms with van der Waals surface area (Å²) in [6, 6.07) is 53.7. The molecule has 0 N–H and O–H groups in total. The van der Waals surface area contributed by atoms with E-state index in [9.17, 15) is 4.57 Å². The average molecular weight is 559 g/mol. The zero-order chi connectivity index (χ0) is 28.1. The van der Waals surface area contributed by atoms with Crippen LogP contribution >= 0.6 is 7.14 Å². The van der Waals surface area contributed by atoms with Crippen molar-refractivity contribution < 1.29 is 4.57 Å². The normalized spacial score (nSPS) is 11.9. The second kappa shape index (κ2) is 9.76. The zero-order valence-corrected chi connectivity index (χ0v) is 23.7. The first-order valence-corrected chi connectivity index (χ1v) is 15.8. The molecule has 0 fully saturated rings. The molecule has 0 saturated carbocycles. The second-order valence-corrected chi connectivity index (χ2v) is 13.3. The first kappa shape index (κ1) is 24.7. The van der Waals surface area contributed by atoms with Crippen LogP contribution < -0.4 is 15.9 Å². The number of aromatic nitrogens is 2. The molecule has 2 aromatic heterocycles. The van der Waals surface area contributed by atoms with Crippen molar-refractivity contribution in [3.8, 4) is 11.4 Å². The first-order valence-electron chi connectivity index (χ1n) is 14.1. The minimum absolute atomic E-state index is 0.824. The summed E-state index contributed by atoms with van der Waals surface area (Å²) < 4.78 is 19.5. The van der Waals surface area contributed by atoms with Crippen LogP contribution in [0.5, 0.6) is 0 Å². The molecule has 6 aromatic carbocycles. The first-order chi connectivity index (χ1) is 20.7. The maximum absolute atomic E-state index is 14.9. The molecule has 0 saturated heterocycles. The van der Waals surface area contributed by atoms with Gasteiger partial charge < -0.3 is 13.7 Å². The third-order valence-corrected chi connectivity index (χ3v) is 11.3. The molecule has 4 heteroatoms. The lowest BCUT2D eigenvalue weighted by molar-refractivity contribution is 0.592. The van der Waals surface area contributed by atoms with Crippen molar-refractivity contribution in [1.82, 2.24) is 9.13 Å². The fourth-order valence-electron chi connectivity index (χ4n) is 6.30. The summed E-state index contributed by atoms with van der Waals surface area (Å²) in [5, 5.41) is 6.13. The summed E-state index contributed by atoms with van der Waals surface area (Å²) in [5.74, 6) is 0. The smallest absolute Gasteiger partial charge is 0.171 e. The van der Waals surface area contributed by atoms with E-state index in [1.807, 2.05) is 72.8 Å². The summed E-state index contributed by atoms with van der Waals surface area (Å²) >= 11 is 0. The fourth-order valence-corrected chi connectivity index (χ4v) is 8.95. The van der Waals surface area contributed by atoms with E-state index >= 15 is 0 Å². The van der Waals surface area contributed by atoms with Crippen molar-refractivity contribution in [2.75, 3.05) is 0 Å². The Labute approximate surface area is 244 Å². The van der Waals surface area contributed by atoms with Gasteiger partial charge >= 0.3 is 0 Å². The molecular formula is C38H27N2OP. The standard InChI is InChI=1S/C38H27N2OP/c41-42(31-14-6-2-7-15-31,32-16-8-3-9-17-32)33-23-21-30(22-24-33)40-35-19-11-10-18-34(35)37-36(40)25-20-28-26-27-39(38(28)37)29-12-4-1-5-13-29/h1-27H. The molecule has 42 heavy (non-hydrogen) atoms. The third kappa shape index (κ3) is 3.71. The van der Waals surface area contributed by atoms with Gasteiger partial charge in [0.15, 0.2) is 7.14 Å². The van der Waals surface area contributed by atoms with Gasteiger partial charge in [0.05, 0.1) is 16.6 Å². The highest BCUT2D eigenvalue weighted by Gasteiger charge is 2.29. The SMILES string of the molecule is O=P(c1ccccc1)(c1ccccc1)c1ccc(-n2c3ccccc3c3c4c(ccc32)ccn4-c2ccccc2)cc1. The number of rotatable bonds is 5. The molecule has 3 nitrogen and oxygen atoms in total. The van der Waals surface area contributed by atoms with E-state index < -0.39 is 7.14 Å². The van der Waals surface area contributed by atoms with E-state index in [2.05, 4.69) is 100 Å². The predicted molar refractivity (Wildman–Crippen MR) is 177 cm³/mol. The Hall–Kier alpha value is -5.11. The molecule has 0 unspecified atom stereocenters. The Morgan fingerprint density at radius 2 is 1.02 bits per heavy atom. The molecule has 0 radical (unpaired) electrons. The molecule has 0 spiro atoms. The lowest BCUT2D eigenvalue weighted by atomic mass is 10.1. The van der Waals surface area contributed by atoms with Crippen molar-refractivity contribution >= 4 is 55.8 Å². The highest BCUT2D eigenvalue weighted by molar-refractivity contribution is 7.85. The van der Waals surface area contributed by atoms with Crippen LogP contribution in [0.3, 0.4) is 0 Å². The van der Waals surface area contributed by atoms with Crippen LogP contribution in [-0.2, 0) is 4.57 Å². The topological polar surface area (TPSA) is 26.9 Å². The van der Waals surface area contributed by atoms with Gasteiger partial charge in [0.1, 0.15) is 0 Å². The van der Waals surface area contributed by atoms with Crippen molar-refractivity contribution in [1.29, 1.82) is 0 Å². The highest BCUT2D eigenvalue weighted by atomic mass is 31.2. The Morgan fingerprint density at radius 1 is 0.452 bits per heavy atom. The van der Waals surface area contributed by atoms with E-state index in [4.69, 9.17) is 0 Å². The van der Waals surface area contributed by atoms with E-state index in [0.29, 0.717) is 0 Å². The van der Waals surface area contributed by atoms with Gasteiger partial charge in [0.25, 0.3) is 0 Å². The van der Waals surface area contributed by atoms with Gasteiger partial charge in [-0.2, -0.15) is 0 Å². The molecular weight excluding hydrogens is 531 g/mol. The van der Waals surface area contributed by atoms with Crippen LogP contribution in [0.25, 0.3) is 44.1 Å².